The minimum Gasteiger partial charge on any atom is -0.496 e. The highest BCUT2D eigenvalue weighted by molar-refractivity contribution is 7.16. The maximum Gasteiger partial charge on any atom is 0.257 e. The molecule has 26 heavy (non-hydrogen) atoms. The number of anilines is 1. The number of hydrogen-bond acceptors (Lipinski definition) is 4. The number of benzene rings is 2. The number of rotatable bonds is 3. The van der Waals surface area contributed by atoms with Gasteiger partial charge in [-0.25, -0.2) is 9.37 Å². The van der Waals surface area contributed by atoms with Gasteiger partial charge in [-0.1, -0.05) is 0 Å². The fourth-order valence-corrected chi connectivity index (χ4v) is 4.15. The number of aryl methyl sites for hydroxylation is 3. The van der Waals surface area contributed by atoms with Crippen molar-refractivity contribution in [2.75, 3.05) is 12.4 Å². The SMILES string of the molecule is COc1cc2c(cc1C)-c1nc(NC(=O)c3ccc(F)cc3)sc1CC2. The highest BCUT2D eigenvalue weighted by Crippen LogP contribution is 2.40. The number of aromatic nitrogens is 1. The van der Waals surface area contributed by atoms with Crippen molar-refractivity contribution in [2.24, 2.45) is 0 Å². The first-order valence-corrected chi connectivity index (χ1v) is 9.11. The molecule has 132 valence electrons. The Bertz CT molecular complexity index is 996. The zero-order valence-corrected chi connectivity index (χ0v) is 15.2. The van der Waals surface area contributed by atoms with Crippen LogP contribution < -0.4 is 10.1 Å². The number of hydrogen-bond donors (Lipinski definition) is 1. The third-order valence-corrected chi connectivity index (χ3v) is 5.55. The van der Waals surface area contributed by atoms with Gasteiger partial charge in [-0.3, -0.25) is 10.1 Å². The number of methoxy groups -OCH3 is 1. The normalized spacial score (nSPS) is 12.3. The topological polar surface area (TPSA) is 51.2 Å². The summed E-state index contributed by atoms with van der Waals surface area (Å²) in [6.07, 6.45) is 1.81. The quantitative estimate of drug-likeness (QED) is 0.734. The van der Waals surface area contributed by atoms with Gasteiger partial charge in [0.25, 0.3) is 5.91 Å². The minimum absolute atomic E-state index is 0.290. The molecule has 0 fully saturated rings. The second kappa shape index (κ2) is 6.53. The van der Waals surface area contributed by atoms with E-state index in [0.29, 0.717) is 10.7 Å². The molecule has 4 nitrogen and oxygen atoms in total. The zero-order valence-electron chi connectivity index (χ0n) is 14.4. The zero-order chi connectivity index (χ0) is 18.3. The molecule has 0 atom stereocenters. The molecular formula is C20H17FN2O2S. The number of ether oxygens (including phenoxy) is 1. The summed E-state index contributed by atoms with van der Waals surface area (Å²) in [5.41, 5.74) is 4.70. The van der Waals surface area contributed by atoms with Crippen molar-refractivity contribution in [2.45, 2.75) is 19.8 Å². The Balaban J connectivity index is 1.64. The second-order valence-electron chi connectivity index (χ2n) is 6.23. The van der Waals surface area contributed by atoms with Gasteiger partial charge in [-0.15, -0.1) is 11.3 Å². The van der Waals surface area contributed by atoms with Crippen molar-refractivity contribution in [3.8, 4) is 17.0 Å². The molecule has 1 aromatic heterocycles. The monoisotopic (exact) mass is 368 g/mol. The molecule has 1 aliphatic rings. The standard InChI is InChI=1S/C20H17FN2O2S/c1-11-9-15-13(10-16(11)25-2)5-8-17-18(15)22-20(26-17)23-19(24)12-3-6-14(21)7-4-12/h3-4,6-7,9-10H,5,8H2,1-2H3,(H,22,23,24). The number of halogens is 1. The van der Waals surface area contributed by atoms with Crippen LogP contribution in [0.4, 0.5) is 9.52 Å². The van der Waals surface area contributed by atoms with Crippen molar-refractivity contribution >= 4 is 22.4 Å². The highest BCUT2D eigenvalue weighted by Gasteiger charge is 2.23. The van der Waals surface area contributed by atoms with Crippen LogP contribution >= 0.6 is 11.3 Å². The fraction of sp³-hybridized carbons (Fsp3) is 0.200. The Morgan fingerprint density at radius 3 is 2.73 bits per heavy atom. The van der Waals surface area contributed by atoms with E-state index in [4.69, 9.17) is 4.74 Å². The van der Waals surface area contributed by atoms with Gasteiger partial charge in [-0.05, 0) is 67.3 Å². The number of carbonyl (C=O) groups excluding carboxylic acids is 1. The lowest BCUT2D eigenvalue weighted by Crippen LogP contribution is -2.11. The van der Waals surface area contributed by atoms with Crippen LogP contribution in [-0.4, -0.2) is 18.0 Å². The smallest absolute Gasteiger partial charge is 0.257 e. The molecule has 0 unspecified atom stereocenters. The third kappa shape index (κ3) is 2.97. The Morgan fingerprint density at radius 2 is 2.00 bits per heavy atom. The maximum atomic E-state index is 13.0. The molecule has 1 aliphatic carbocycles. The summed E-state index contributed by atoms with van der Waals surface area (Å²) in [6.45, 7) is 2.01. The maximum absolute atomic E-state index is 13.0. The van der Waals surface area contributed by atoms with E-state index < -0.39 is 0 Å². The van der Waals surface area contributed by atoms with E-state index in [1.54, 1.807) is 7.11 Å². The van der Waals surface area contributed by atoms with Crippen LogP contribution in [0.1, 0.15) is 26.4 Å². The van der Waals surface area contributed by atoms with Gasteiger partial charge in [0, 0.05) is 16.0 Å². The van der Waals surface area contributed by atoms with Crippen LogP contribution in [0.5, 0.6) is 5.75 Å². The van der Waals surface area contributed by atoms with Gasteiger partial charge in [0.15, 0.2) is 5.13 Å². The summed E-state index contributed by atoms with van der Waals surface area (Å²) >= 11 is 1.49. The first-order chi connectivity index (χ1) is 12.5. The Morgan fingerprint density at radius 1 is 1.23 bits per heavy atom. The van der Waals surface area contributed by atoms with Crippen LogP contribution in [0.2, 0.25) is 0 Å². The van der Waals surface area contributed by atoms with E-state index in [0.717, 1.165) is 40.3 Å². The molecule has 0 saturated carbocycles. The number of fused-ring (bicyclic) bond motifs is 3. The number of nitrogens with zero attached hydrogens (tertiary/aromatic N) is 1. The molecule has 4 rings (SSSR count). The molecule has 0 saturated heterocycles. The predicted octanol–water partition coefficient (Wildman–Crippen LogP) is 4.62. The molecule has 0 aliphatic heterocycles. The van der Waals surface area contributed by atoms with E-state index in [2.05, 4.69) is 22.4 Å². The Hall–Kier alpha value is -2.73. The first-order valence-electron chi connectivity index (χ1n) is 8.29. The summed E-state index contributed by atoms with van der Waals surface area (Å²) < 4.78 is 18.4. The van der Waals surface area contributed by atoms with E-state index >= 15 is 0 Å². The highest BCUT2D eigenvalue weighted by atomic mass is 32.1. The van der Waals surface area contributed by atoms with Crippen molar-refractivity contribution in [3.63, 3.8) is 0 Å². The number of carbonyl (C=O) groups is 1. The molecule has 3 aromatic rings. The largest absolute Gasteiger partial charge is 0.496 e. The van der Waals surface area contributed by atoms with Gasteiger partial charge in [0.1, 0.15) is 11.6 Å². The van der Waals surface area contributed by atoms with E-state index in [9.17, 15) is 9.18 Å². The summed E-state index contributed by atoms with van der Waals surface area (Å²) in [7, 11) is 1.68. The van der Waals surface area contributed by atoms with Crippen molar-refractivity contribution < 1.29 is 13.9 Å². The summed E-state index contributed by atoms with van der Waals surface area (Å²) in [6, 6.07) is 9.63. The third-order valence-electron chi connectivity index (χ3n) is 4.52. The molecule has 2 aromatic carbocycles. The lowest BCUT2D eigenvalue weighted by molar-refractivity contribution is 0.102. The minimum atomic E-state index is -0.367. The van der Waals surface area contributed by atoms with Crippen LogP contribution in [0, 0.1) is 12.7 Å². The van der Waals surface area contributed by atoms with Crippen LogP contribution in [0.15, 0.2) is 36.4 Å². The lowest BCUT2D eigenvalue weighted by atomic mass is 9.91. The van der Waals surface area contributed by atoms with Crippen LogP contribution in [0.25, 0.3) is 11.3 Å². The summed E-state index contributed by atoms with van der Waals surface area (Å²) in [4.78, 5) is 18.1. The van der Waals surface area contributed by atoms with Crippen LogP contribution in [0.3, 0.4) is 0 Å². The van der Waals surface area contributed by atoms with E-state index in [1.807, 2.05) is 6.92 Å². The first kappa shape index (κ1) is 16.7. The molecule has 0 spiro atoms. The molecule has 1 heterocycles. The molecule has 0 radical (unpaired) electrons. The van der Waals surface area contributed by atoms with Crippen molar-refractivity contribution in [3.05, 3.63) is 63.8 Å². The molecule has 6 heteroatoms. The number of nitrogens with one attached hydrogen (secondary N) is 1. The Labute approximate surface area is 154 Å². The number of amides is 1. The van der Waals surface area contributed by atoms with Gasteiger partial charge in [0.05, 0.1) is 12.8 Å². The van der Waals surface area contributed by atoms with Crippen molar-refractivity contribution in [1.82, 2.24) is 4.98 Å². The lowest BCUT2D eigenvalue weighted by Gasteiger charge is -2.17. The van der Waals surface area contributed by atoms with E-state index in [-0.39, 0.29) is 11.7 Å². The Kier molecular flexibility index (Phi) is 4.20. The van der Waals surface area contributed by atoms with E-state index in [1.165, 1.54) is 41.2 Å². The fourth-order valence-electron chi connectivity index (χ4n) is 3.18. The molecule has 1 N–H and O–H groups in total. The molecular weight excluding hydrogens is 351 g/mol. The second-order valence-corrected chi connectivity index (χ2v) is 7.31. The van der Waals surface area contributed by atoms with Gasteiger partial charge >= 0.3 is 0 Å². The summed E-state index contributed by atoms with van der Waals surface area (Å²) in [5.74, 6) is 0.225. The van der Waals surface area contributed by atoms with Crippen molar-refractivity contribution in [1.29, 1.82) is 0 Å². The average molecular weight is 368 g/mol. The molecule has 0 bridgehead atoms. The number of thiazole rings is 1. The summed E-state index contributed by atoms with van der Waals surface area (Å²) in [5, 5.41) is 3.38. The van der Waals surface area contributed by atoms with Gasteiger partial charge in [0.2, 0.25) is 0 Å². The van der Waals surface area contributed by atoms with Crippen LogP contribution in [-0.2, 0) is 12.8 Å². The molecule has 1 amide bonds. The predicted molar refractivity (Wildman–Crippen MR) is 101 cm³/mol. The van der Waals surface area contributed by atoms with Gasteiger partial charge < -0.3 is 4.74 Å². The average Bonchev–Trinajstić information content (AvgIpc) is 3.04. The van der Waals surface area contributed by atoms with Gasteiger partial charge in [-0.2, -0.15) is 0 Å².